The normalized spacial score (nSPS) is 12.1. The van der Waals surface area contributed by atoms with Gasteiger partial charge in [-0.3, -0.25) is 0 Å². The van der Waals surface area contributed by atoms with E-state index in [2.05, 4.69) is 29.6 Å². The van der Waals surface area contributed by atoms with E-state index in [9.17, 15) is 0 Å². The molecule has 2 aromatic rings. The van der Waals surface area contributed by atoms with Gasteiger partial charge in [0, 0.05) is 25.4 Å². The van der Waals surface area contributed by atoms with Crippen molar-refractivity contribution in [2.24, 2.45) is 0 Å². The van der Waals surface area contributed by atoms with Crippen molar-refractivity contribution >= 4 is 5.69 Å². The van der Waals surface area contributed by atoms with Gasteiger partial charge in [-0.2, -0.15) is 0 Å². The Labute approximate surface area is 102 Å². The fourth-order valence-electron chi connectivity index (χ4n) is 2.02. The van der Waals surface area contributed by atoms with E-state index < -0.39 is 0 Å². The smallest absolute Gasteiger partial charge is 0.109 e. The Morgan fingerprint density at radius 1 is 0.941 bits per heavy atom. The van der Waals surface area contributed by atoms with E-state index >= 15 is 0 Å². The number of benzene rings is 2. The predicted molar refractivity (Wildman–Crippen MR) is 71.3 cm³/mol. The van der Waals surface area contributed by atoms with Crippen molar-refractivity contribution in [3.63, 3.8) is 0 Å². The summed E-state index contributed by atoms with van der Waals surface area (Å²) in [6.07, 6.45) is -0.0279. The highest BCUT2D eigenvalue weighted by Crippen LogP contribution is 2.30. The summed E-state index contributed by atoms with van der Waals surface area (Å²) in [4.78, 5) is 0. The minimum Gasteiger partial charge on any atom is -0.388 e. The molecule has 17 heavy (non-hydrogen) atoms. The molecule has 0 heterocycles. The Bertz CT molecular complexity index is 467. The van der Waals surface area contributed by atoms with E-state index in [0.29, 0.717) is 0 Å². The zero-order valence-corrected chi connectivity index (χ0v) is 10.2. The second-order valence-corrected chi connectivity index (χ2v) is 3.86. The molecule has 0 spiro atoms. The summed E-state index contributed by atoms with van der Waals surface area (Å²) in [5.74, 6) is 0. The third kappa shape index (κ3) is 2.48. The summed E-state index contributed by atoms with van der Waals surface area (Å²) in [6, 6.07) is 18.4. The first kappa shape index (κ1) is 11.7. The van der Waals surface area contributed by atoms with Crippen LogP contribution in [0.4, 0.5) is 5.69 Å². The van der Waals surface area contributed by atoms with E-state index in [0.717, 1.165) is 16.8 Å². The van der Waals surface area contributed by atoms with E-state index in [1.165, 1.54) is 0 Å². The number of hydrogen-bond donors (Lipinski definition) is 1. The van der Waals surface area contributed by atoms with Gasteiger partial charge in [-0.05, 0) is 11.6 Å². The number of hydrogen-bond acceptors (Lipinski definition) is 2. The molecule has 0 aliphatic rings. The molecular weight excluding hydrogens is 210 g/mol. The number of para-hydroxylation sites is 1. The molecule has 2 rings (SSSR count). The second kappa shape index (κ2) is 5.51. The van der Waals surface area contributed by atoms with Crippen molar-refractivity contribution in [3.05, 3.63) is 65.7 Å². The van der Waals surface area contributed by atoms with Crippen molar-refractivity contribution in [2.45, 2.75) is 6.10 Å². The van der Waals surface area contributed by atoms with E-state index in [-0.39, 0.29) is 6.10 Å². The minimum atomic E-state index is -0.0279. The Hall–Kier alpha value is -1.80. The van der Waals surface area contributed by atoms with Crippen molar-refractivity contribution in [2.75, 3.05) is 19.5 Å². The Morgan fingerprint density at radius 2 is 1.59 bits per heavy atom. The van der Waals surface area contributed by atoms with Crippen LogP contribution in [0.3, 0.4) is 0 Å². The zero-order chi connectivity index (χ0) is 12.1. The highest BCUT2D eigenvalue weighted by Gasteiger charge is 2.15. The maximum Gasteiger partial charge on any atom is 0.109 e. The molecule has 0 amide bonds. The lowest BCUT2D eigenvalue weighted by Crippen LogP contribution is -2.06. The molecule has 2 nitrogen and oxygen atoms in total. The summed E-state index contributed by atoms with van der Waals surface area (Å²) in [7, 11) is 3.67. The molecule has 0 aliphatic carbocycles. The highest BCUT2D eigenvalue weighted by molar-refractivity contribution is 5.53. The van der Waals surface area contributed by atoms with Crippen LogP contribution in [0.5, 0.6) is 0 Å². The average Bonchev–Trinajstić information content (AvgIpc) is 2.41. The number of nitrogens with one attached hydrogen (secondary N) is 1. The van der Waals surface area contributed by atoms with Crippen LogP contribution in [0, 0.1) is 0 Å². The fourth-order valence-corrected chi connectivity index (χ4v) is 2.02. The van der Waals surface area contributed by atoms with E-state index in [1.807, 2.05) is 37.4 Å². The first-order chi connectivity index (χ1) is 8.36. The Kier molecular flexibility index (Phi) is 3.78. The number of rotatable bonds is 4. The van der Waals surface area contributed by atoms with Crippen LogP contribution in [-0.2, 0) is 4.74 Å². The molecule has 0 saturated heterocycles. The first-order valence-electron chi connectivity index (χ1n) is 5.71. The van der Waals surface area contributed by atoms with Gasteiger partial charge in [0.1, 0.15) is 6.10 Å². The molecule has 2 aromatic carbocycles. The number of anilines is 1. The Balaban J connectivity index is 2.42. The van der Waals surface area contributed by atoms with Crippen molar-refractivity contribution in [1.29, 1.82) is 0 Å². The van der Waals surface area contributed by atoms with Crippen LogP contribution < -0.4 is 5.32 Å². The molecule has 0 radical (unpaired) electrons. The van der Waals surface area contributed by atoms with Gasteiger partial charge in [0.2, 0.25) is 0 Å². The number of ether oxygens (including phenoxy) is 1. The van der Waals surface area contributed by atoms with Crippen molar-refractivity contribution in [1.82, 2.24) is 0 Å². The van der Waals surface area contributed by atoms with Crippen LogP contribution in [0.1, 0.15) is 17.2 Å². The molecule has 2 heteroatoms. The lowest BCUT2D eigenvalue weighted by atomic mass is 10.00. The fraction of sp³-hybridized carbons (Fsp3) is 0.200. The summed E-state index contributed by atoms with van der Waals surface area (Å²) >= 11 is 0. The minimum absolute atomic E-state index is 0.0279. The molecule has 88 valence electrons. The predicted octanol–water partition coefficient (Wildman–Crippen LogP) is 3.46. The SMILES string of the molecule is CNc1ccccc1C(OC)c1ccccc1. The van der Waals surface area contributed by atoms with Crippen LogP contribution in [0.15, 0.2) is 54.6 Å². The van der Waals surface area contributed by atoms with Gasteiger partial charge in [-0.25, -0.2) is 0 Å². The van der Waals surface area contributed by atoms with Crippen molar-refractivity contribution in [3.8, 4) is 0 Å². The number of methoxy groups -OCH3 is 1. The first-order valence-corrected chi connectivity index (χ1v) is 5.71. The summed E-state index contributed by atoms with van der Waals surface area (Å²) in [5, 5.41) is 3.20. The van der Waals surface area contributed by atoms with Crippen LogP contribution in [0.25, 0.3) is 0 Å². The molecule has 0 fully saturated rings. The molecule has 1 unspecified atom stereocenters. The quantitative estimate of drug-likeness (QED) is 0.863. The topological polar surface area (TPSA) is 21.3 Å². The third-order valence-electron chi connectivity index (χ3n) is 2.85. The van der Waals surface area contributed by atoms with Gasteiger partial charge in [-0.15, -0.1) is 0 Å². The molecular formula is C15H17NO. The van der Waals surface area contributed by atoms with E-state index in [4.69, 9.17) is 4.74 Å². The highest BCUT2D eigenvalue weighted by atomic mass is 16.5. The summed E-state index contributed by atoms with van der Waals surface area (Å²) < 4.78 is 5.62. The van der Waals surface area contributed by atoms with Gasteiger partial charge in [0.25, 0.3) is 0 Å². The lowest BCUT2D eigenvalue weighted by Gasteiger charge is -2.19. The van der Waals surface area contributed by atoms with Crippen LogP contribution in [0.2, 0.25) is 0 Å². The zero-order valence-electron chi connectivity index (χ0n) is 10.2. The second-order valence-electron chi connectivity index (χ2n) is 3.86. The molecule has 0 aromatic heterocycles. The molecule has 1 atom stereocenters. The summed E-state index contributed by atoms with van der Waals surface area (Å²) in [6.45, 7) is 0. The largest absolute Gasteiger partial charge is 0.388 e. The van der Waals surface area contributed by atoms with Gasteiger partial charge < -0.3 is 10.1 Å². The molecule has 0 aliphatic heterocycles. The Morgan fingerprint density at radius 3 is 2.24 bits per heavy atom. The van der Waals surface area contributed by atoms with Gasteiger partial charge in [0.15, 0.2) is 0 Å². The van der Waals surface area contributed by atoms with E-state index in [1.54, 1.807) is 7.11 Å². The lowest BCUT2D eigenvalue weighted by molar-refractivity contribution is 0.137. The molecule has 0 bridgehead atoms. The van der Waals surface area contributed by atoms with Gasteiger partial charge in [-0.1, -0.05) is 48.5 Å². The molecule has 1 N–H and O–H groups in total. The van der Waals surface area contributed by atoms with Gasteiger partial charge in [0.05, 0.1) is 0 Å². The van der Waals surface area contributed by atoms with Gasteiger partial charge >= 0.3 is 0 Å². The monoisotopic (exact) mass is 227 g/mol. The van der Waals surface area contributed by atoms with Crippen molar-refractivity contribution < 1.29 is 4.74 Å². The standard InChI is InChI=1S/C15H17NO/c1-16-14-11-7-6-10-13(14)15(17-2)12-8-4-3-5-9-12/h3-11,15-16H,1-2H3. The van der Waals surface area contributed by atoms with Crippen LogP contribution >= 0.6 is 0 Å². The average molecular weight is 227 g/mol. The van der Waals surface area contributed by atoms with Crippen LogP contribution in [-0.4, -0.2) is 14.2 Å². The maximum atomic E-state index is 5.62. The third-order valence-corrected chi connectivity index (χ3v) is 2.85. The molecule has 0 saturated carbocycles. The maximum absolute atomic E-state index is 5.62. The summed E-state index contributed by atoms with van der Waals surface area (Å²) in [5.41, 5.74) is 3.42.